The average Bonchev–Trinajstić information content (AvgIpc) is 2.42. The number of rotatable bonds is 5. The SMILES string of the molecule is Cc1cccc(CSCC(=O)Nc2ccc(N)cc2C)c1. The average molecular weight is 300 g/mol. The Morgan fingerprint density at radius 1 is 1.19 bits per heavy atom. The molecule has 0 atom stereocenters. The van der Waals surface area contributed by atoms with Crippen LogP contribution in [-0.2, 0) is 10.5 Å². The van der Waals surface area contributed by atoms with Crippen molar-refractivity contribution in [1.29, 1.82) is 0 Å². The molecule has 0 radical (unpaired) electrons. The number of benzene rings is 2. The van der Waals surface area contributed by atoms with Gasteiger partial charge >= 0.3 is 0 Å². The van der Waals surface area contributed by atoms with Crippen LogP contribution >= 0.6 is 11.8 Å². The third-order valence-corrected chi connectivity index (χ3v) is 4.11. The molecule has 0 aliphatic carbocycles. The van der Waals surface area contributed by atoms with Crippen molar-refractivity contribution in [3.05, 3.63) is 59.2 Å². The third-order valence-electron chi connectivity index (χ3n) is 3.11. The van der Waals surface area contributed by atoms with Gasteiger partial charge in [0.25, 0.3) is 0 Å². The standard InChI is InChI=1S/C17H20N2OS/c1-12-4-3-5-14(8-12)10-21-11-17(20)19-16-7-6-15(18)9-13(16)2/h3-9H,10-11,18H2,1-2H3,(H,19,20). The van der Waals surface area contributed by atoms with Crippen LogP contribution in [0.3, 0.4) is 0 Å². The number of amides is 1. The minimum atomic E-state index is 0.0144. The van der Waals surface area contributed by atoms with Crippen molar-refractivity contribution >= 4 is 29.0 Å². The van der Waals surface area contributed by atoms with Gasteiger partial charge in [-0.3, -0.25) is 4.79 Å². The van der Waals surface area contributed by atoms with Crippen LogP contribution in [0.1, 0.15) is 16.7 Å². The van der Waals surface area contributed by atoms with E-state index in [1.807, 2.05) is 25.1 Å². The summed E-state index contributed by atoms with van der Waals surface area (Å²) < 4.78 is 0. The highest BCUT2D eigenvalue weighted by Gasteiger charge is 2.05. The predicted octanol–water partition coefficient (Wildman–Crippen LogP) is 3.76. The maximum Gasteiger partial charge on any atom is 0.234 e. The summed E-state index contributed by atoms with van der Waals surface area (Å²) in [5.41, 5.74) is 10.7. The summed E-state index contributed by atoms with van der Waals surface area (Å²) in [6.07, 6.45) is 0. The first-order chi connectivity index (χ1) is 10.0. The number of nitrogens with one attached hydrogen (secondary N) is 1. The number of nitrogen functional groups attached to an aromatic ring is 1. The van der Waals surface area contributed by atoms with Crippen LogP contribution in [0, 0.1) is 13.8 Å². The summed E-state index contributed by atoms with van der Waals surface area (Å²) in [6.45, 7) is 4.01. The topological polar surface area (TPSA) is 55.1 Å². The number of hydrogen-bond acceptors (Lipinski definition) is 3. The number of hydrogen-bond donors (Lipinski definition) is 2. The second-order valence-corrected chi connectivity index (χ2v) is 6.09. The quantitative estimate of drug-likeness (QED) is 0.827. The zero-order valence-corrected chi connectivity index (χ0v) is 13.2. The molecule has 4 heteroatoms. The highest BCUT2D eigenvalue weighted by atomic mass is 32.2. The minimum Gasteiger partial charge on any atom is -0.399 e. The number of aryl methyl sites for hydroxylation is 2. The van der Waals surface area contributed by atoms with Crippen LogP contribution in [-0.4, -0.2) is 11.7 Å². The van der Waals surface area contributed by atoms with Gasteiger partial charge in [0.15, 0.2) is 0 Å². The van der Waals surface area contributed by atoms with Crippen molar-refractivity contribution in [2.75, 3.05) is 16.8 Å². The Kier molecular flexibility index (Phi) is 5.28. The molecule has 0 aliphatic heterocycles. The molecule has 0 spiro atoms. The molecule has 2 rings (SSSR count). The Balaban J connectivity index is 1.82. The van der Waals surface area contributed by atoms with Crippen molar-refractivity contribution in [3.8, 4) is 0 Å². The molecule has 0 fully saturated rings. The van der Waals surface area contributed by atoms with Gasteiger partial charge in [-0.15, -0.1) is 11.8 Å². The van der Waals surface area contributed by atoms with E-state index in [1.54, 1.807) is 17.8 Å². The Bertz CT molecular complexity index is 640. The lowest BCUT2D eigenvalue weighted by molar-refractivity contribution is -0.113. The third kappa shape index (κ3) is 4.83. The van der Waals surface area contributed by atoms with Crippen LogP contribution in [0.25, 0.3) is 0 Å². The first-order valence-corrected chi connectivity index (χ1v) is 7.99. The van der Waals surface area contributed by atoms with Gasteiger partial charge in [-0.1, -0.05) is 29.8 Å². The Morgan fingerprint density at radius 2 is 2.00 bits per heavy atom. The molecule has 21 heavy (non-hydrogen) atoms. The van der Waals surface area contributed by atoms with Crippen LogP contribution in [0.5, 0.6) is 0 Å². The molecular weight excluding hydrogens is 280 g/mol. The lowest BCUT2D eigenvalue weighted by Gasteiger charge is -2.09. The van der Waals surface area contributed by atoms with Gasteiger partial charge in [-0.2, -0.15) is 0 Å². The molecule has 0 unspecified atom stereocenters. The minimum absolute atomic E-state index is 0.0144. The molecule has 0 bridgehead atoms. The van der Waals surface area contributed by atoms with E-state index in [1.165, 1.54) is 11.1 Å². The van der Waals surface area contributed by atoms with Gasteiger partial charge < -0.3 is 11.1 Å². The first-order valence-electron chi connectivity index (χ1n) is 6.84. The molecule has 0 saturated heterocycles. The number of carbonyl (C=O) groups is 1. The molecular formula is C17H20N2OS. The van der Waals surface area contributed by atoms with E-state index in [-0.39, 0.29) is 5.91 Å². The van der Waals surface area contributed by atoms with Gasteiger partial charge in [0.2, 0.25) is 5.91 Å². The molecule has 0 aliphatic rings. The van der Waals surface area contributed by atoms with Gasteiger partial charge in [0.05, 0.1) is 5.75 Å². The van der Waals surface area contributed by atoms with E-state index in [0.717, 1.165) is 17.0 Å². The fraction of sp³-hybridized carbons (Fsp3) is 0.235. The molecule has 2 aromatic rings. The molecule has 1 amide bonds. The second-order valence-electron chi connectivity index (χ2n) is 5.10. The highest BCUT2D eigenvalue weighted by Crippen LogP contribution is 2.19. The van der Waals surface area contributed by atoms with Crippen LogP contribution < -0.4 is 11.1 Å². The monoisotopic (exact) mass is 300 g/mol. The lowest BCUT2D eigenvalue weighted by atomic mass is 10.2. The van der Waals surface area contributed by atoms with E-state index in [2.05, 4.69) is 30.4 Å². The summed E-state index contributed by atoms with van der Waals surface area (Å²) in [4.78, 5) is 11.9. The smallest absolute Gasteiger partial charge is 0.234 e. The maximum atomic E-state index is 11.9. The van der Waals surface area contributed by atoms with Crippen molar-refractivity contribution in [1.82, 2.24) is 0 Å². The lowest BCUT2D eigenvalue weighted by Crippen LogP contribution is -2.15. The van der Waals surface area contributed by atoms with Gasteiger partial charge in [-0.05, 0) is 43.2 Å². The van der Waals surface area contributed by atoms with E-state index < -0.39 is 0 Å². The van der Waals surface area contributed by atoms with E-state index >= 15 is 0 Å². The summed E-state index contributed by atoms with van der Waals surface area (Å²) in [7, 11) is 0. The first kappa shape index (κ1) is 15.4. The van der Waals surface area contributed by atoms with Crippen molar-refractivity contribution in [2.45, 2.75) is 19.6 Å². The number of carbonyl (C=O) groups excluding carboxylic acids is 1. The van der Waals surface area contributed by atoms with Crippen molar-refractivity contribution in [2.24, 2.45) is 0 Å². The van der Waals surface area contributed by atoms with Crippen molar-refractivity contribution in [3.63, 3.8) is 0 Å². The largest absolute Gasteiger partial charge is 0.399 e. The molecule has 0 aromatic heterocycles. The van der Waals surface area contributed by atoms with Crippen LogP contribution in [0.2, 0.25) is 0 Å². The zero-order valence-electron chi connectivity index (χ0n) is 12.3. The van der Waals surface area contributed by atoms with Gasteiger partial charge in [-0.25, -0.2) is 0 Å². The van der Waals surface area contributed by atoms with E-state index in [9.17, 15) is 4.79 Å². The predicted molar refractivity (Wildman–Crippen MR) is 91.6 cm³/mol. The molecule has 3 N–H and O–H groups in total. The number of anilines is 2. The molecule has 0 heterocycles. The second kappa shape index (κ2) is 7.18. The summed E-state index contributed by atoms with van der Waals surface area (Å²) >= 11 is 1.61. The molecule has 110 valence electrons. The van der Waals surface area contributed by atoms with Gasteiger partial charge in [0.1, 0.15) is 0 Å². The summed E-state index contributed by atoms with van der Waals surface area (Å²) in [6, 6.07) is 13.8. The highest BCUT2D eigenvalue weighted by molar-refractivity contribution is 7.99. The Morgan fingerprint density at radius 3 is 2.71 bits per heavy atom. The van der Waals surface area contributed by atoms with Crippen LogP contribution in [0.15, 0.2) is 42.5 Å². The van der Waals surface area contributed by atoms with E-state index in [4.69, 9.17) is 5.73 Å². The molecule has 2 aromatic carbocycles. The number of thioether (sulfide) groups is 1. The maximum absolute atomic E-state index is 11.9. The summed E-state index contributed by atoms with van der Waals surface area (Å²) in [5, 5.41) is 2.92. The van der Waals surface area contributed by atoms with Gasteiger partial charge in [0, 0.05) is 17.1 Å². The van der Waals surface area contributed by atoms with Crippen molar-refractivity contribution < 1.29 is 4.79 Å². The Hall–Kier alpha value is -1.94. The van der Waals surface area contributed by atoms with Crippen LogP contribution in [0.4, 0.5) is 11.4 Å². The fourth-order valence-electron chi connectivity index (χ4n) is 2.08. The number of nitrogens with two attached hydrogens (primary N) is 1. The van der Waals surface area contributed by atoms with E-state index in [0.29, 0.717) is 11.4 Å². The summed E-state index contributed by atoms with van der Waals surface area (Å²) in [5.74, 6) is 1.30. The fourth-order valence-corrected chi connectivity index (χ4v) is 2.85. The molecule has 0 saturated carbocycles. The Labute approximate surface area is 129 Å². The normalized spacial score (nSPS) is 10.4. The zero-order chi connectivity index (χ0) is 15.2. The molecule has 3 nitrogen and oxygen atoms in total.